The first-order chi connectivity index (χ1) is 6.76. The molecular formula is C11H20O4. The summed E-state index contributed by atoms with van der Waals surface area (Å²) in [5.74, 6) is -1.62. The average Bonchev–Trinajstić information content (AvgIpc) is 2.01. The van der Waals surface area contributed by atoms with E-state index < -0.39 is 17.5 Å². The molecular weight excluding hydrogens is 196 g/mol. The number of hydrogen-bond acceptors (Lipinski definition) is 3. The van der Waals surface area contributed by atoms with Gasteiger partial charge >= 0.3 is 11.9 Å². The Morgan fingerprint density at radius 2 is 1.87 bits per heavy atom. The Morgan fingerprint density at radius 3 is 2.20 bits per heavy atom. The number of aliphatic carboxylic acids is 1. The van der Waals surface area contributed by atoms with Crippen molar-refractivity contribution in [1.29, 1.82) is 0 Å². The Morgan fingerprint density at radius 1 is 1.33 bits per heavy atom. The van der Waals surface area contributed by atoms with Crippen molar-refractivity contribution in [3.05, 3.63) is 0 Å². The van der Waals surface area contributed by atoms with E-state index in [2.05, 4.69) is 0 Å². The van der Waals surface area contributed by atoms with Crippen LogP contribution in [0.3, 0.4) is 0 Å². The lowest BCUT2D eigenvalue weighted by Gasteiger charge is -2.19. The lowest BCUT2D eigenvalue weighted by atomic mass is 10.0. The third-order valence-electron chi connectivity index (χ3n) is 1.96. The largest absolute Gasteiger partial charge is 0.481 e. The highest BCUT2D eigenvalue weighted by Gasteiger charge is 2.20. The summed E-state index contributed by atoms with van der Waals surface area (Å²) in [5, 5.41) is 8.77. The van der Waals surface area contributed by atoms with Gasteiger partial charge in [-0.15, -0.1) is 0 Å². The van der Waals surface area contributed by atoms with Gasteiger partial charge in [0.15, 0.2) is 0 Å². The van der Waals surface area contributed by atoms with Crippen LogP contribution in [0.15, 0.2) is 0 Å². The molecule has 0 bridgehead atoms. The molecule has 0 unspecified atom stereocenters. The molecule has 0 aliphatic carbocycles. The van der Waals surface area contributed by atoms with Gasteiger partial charge in [-0.3, -0.25) is 9.59 Å². The van der Waals surface area contributed by atoms with Crippen LogP contribution in [0.4, 0.5) is 0 Å². The summed E-state index contributed by atoms with van der Waals surface area (Å²) in [7, 11) is 0. The SMILES string of the molecule is CC[C@@H](CCC(=O)OC(C)(C)C)C(=O)O. The zero-order chi connectivity index (χ0) is 12.1. The van der Waals surface area contributed by atoms with Gasteiger partial charge in [-0.25, -0.2) is 0 Å². The Kier molecular flexibility index (Phi) is 5.33. The molecule has 0 aliphatic heterocycles. The van der Waals surface area contributed by atoms with Crippen molar-refractivity contribution in [1.82, 2.24) is 0 Å². The molecule has 0 saturated heterocycles. The Hall–Kier alpha value is -1.06. The molecule has 4 heteroatoms. The van der Waals surface area contributed by atoms with Gasteiger partial charge in [0.25, 0.3) is 0 Å². The molecule has 1 N–H and O–H groups in total. The van der Waals surface area contributed by atoms with Crippen molar-refractivity contribution < 1.29 is 19.4 Å². The van der Waals surface area contributed by atoms with E-state index in [1.54, 1.807) is 27.7 Å². The molecule has 0 aromatic rings. The second kappa shape index (κ2) is 5.73. The van der Waals surface area contributed by atoms with Crippen LogP contribution >= 0.6 is 0 Å². The molecule has 15 heavy (non-hydrogen) atoms. The first-order valence-electron chi connectivity index (χ1n) is 5.21. The van der Waals surface area contributed by atoms with Crippen molar-refractivity contribution in [2.24, 2.45) is 5.92 Å². The second-order valence-corrected chi connectivity index (χ2v) is 4.57. The molecule has 0 aliphatic rings. The van der Waals surface area contributed by atoms with Crippen LogP contribution in [0.5, 0.6) is 0 Å². The summed E-state index contributed by atoms with van der Waals surface area (Å²) < 4.78 is 5.08. The topological polar surface area (TPSA) is 63.6 Å². The zero-order valence-corrected chi connectivity index (χ0v) is 9.87. The Labute approximate surface area is 90.6 Å². The maximum Gasteiger partial charge on any atom is 0.306 e. The predicted octanol–water partition coefficient (Wildman–Crippen LogP) is 2.22. The highest BCUT2D eigenvalue weighted by atomic mass is 16.6. The molecule has 0 heterocycles. The fourth-order valence-electron chi connectivity index (χ4n) is 1.19. The van der Waals surface area contributed by atoms with Gasteiger partial charge in [0, 0.05) is 6.42 Å². The molecule has 0 aromatic carbocycles. The van der Waals surface area contributed by atoms with Gasteiger partial charge in [-0.1, -0.05) is 6.92 Å². The predicted molar refractivity (Wildman–Crippen MR) is 56.5 cm³/mol. The van der Waals surface area contributed by atoms with Gasteiger partial charge in [0.1, 0.15) is 5.60 Å². The summed E-state index contributed by atoms with van der Waals surface area (Å²) >= 11 is 0. The first kappa shape index (κ1) is 13.9. The standard InChI is InChI=1S/C11H20O4/c1-5-8(10(13)14)6-7-9(12)15-11(2,3)4/h8H,5-7H2,1-4H3,(H,13,14)/t8-/m0/s1. The maximum atomic E-state index is 11.3. The highest BCUT2D eigenvalue weighted by molar-refractivity contribution is 5.73. The highest BCUT2D eigenvalue weighted by Crippen LogP contribution is 2.14. The van der Waals surface area contributed by atoms with E-state index >= 15 is 0 Å². The molecule has 1 atom stereocenters. The van der Waals surface area contributed by atoms with Crippen molar-refractivity contribution in [3.63, 3.8) is 0 Å². The van der Waals surface area contributed by atoms with E-state index in [0.717, 1.165) is 0 Å². The molecule has 0 radical (unpaired) electrons. The molecule has 0 aromatic heterocycles. The average molecular weight is 216 g/mol. The number of hydrogen-bond donors (Lipinski definition) is 1. The third kappa shape index (κ3) is 6.94. The quantitative estimate of drug-likeness (QED) is 0.716. The minimum atomic E-state index is -0.846. The van der Waals surface area contributed by atoms with E-state index in [1.165, 1.54) is 0 Å². The lowest BCUT2D eigenvalue weighted by molar-refractivity contribution is -0.155. The van der Waals surface area contributed by atoms with Crippen molar-refractivity contribution in [3.8, 4) is 0 Å². The summed E-state index contributed by atoms with van der Waals surface area (Å²) in [4.78, 5) is 22.0. The molecule has 0 rings (SSSR count). The van der Waals surface area contributed by atoms with Crippen LogP contribution in [0, 0.1) is 5.92 Å². The molecule has 0 saturated carbocycles. The number of carbonyl (C=O) groups is 2. The van der Waals surface area contributed by atoms with E-state index in [9.17, 15) is 9.59 Å². The normalized spacial score (nSPS) is 13.3. The molecule has 0 spiro atoms. The van der Waals surface area contributed by atoms with E-state index in [4.69, 9.17) is 9.84 Å². The van der Waals surface area contributed by atoms with Crippen molar-refractivity contribution in [2.75, 3.05) is 0 Å². The van der Waals surface area contributed by atoms with Gasteiger partial charge in [0.2, 0.25) is 0 Å². The number of rotatable bonds is 5. The number of carbonyl (C=O) groups excluding carboxylic acids is 1. The maximum absolute atomic E-state index is 11.3. The molecule has 0 amide bonds. The second-order valence-electron chi connectivity index (χ2n) is 4.57. The van der Waals surface area contributed by atoms with Crippen LogP contribution in [0.2, 0.25) is 0 Å². The van der Waals surface area contributed by atoms with Gasteiger partial charge in [-0.05, 0) is 33.6 Å². The van der Waals surface area contributed by atoms with Crippen molar-refractivity contribution >= 4 is 11.9 Å². The minimum absolute atomic E-state index is 0.169. The number of carboxylic acid groups (broad SMARTS) is 1. The van der Waals surface area contributed by atoms with Crippen LogP contribution in [-0.4, -0.2) is 22.6 Å². The molecule has 88 valence electrons. The van der Waals surface area contributed by atoms with E-state index in [1.807, 2.05) is 0 Å². The Bertz CT molecular complexity index is 227. The summed E-state index contributed by atoms with van der Waals surface area (Å²) in [6.45, 7) is 7.17. The monoisotopic (exact) mass is 216 g/mol. The van der Waals surface area contributed by atoms with Crippen LogP contribution in [0.1, 0.15) is 47.0 Å². The lowest BCUT2D eigenvalue weighted by Crippen LogP contribution is -2.24. The fraction of sp³-hybridized carbons (Fsp3) is 0.818. The summed E-state index contributed by atoms with van der Waals surface area (Å²) in [5.41, 5.74) is -0.498. The number of ether oxygens (including phenoxy) is 1. The zero-order valence-electron chi connectivity index (χ0n) is 9.87. The van der Waals surface area contributed by atoms with Gasteiger partial charge in [0.05, 0.1) is 5.92 Å². The van der Waals surface area contributed by atoms with Crippen LogP contribution < -0.4 is 0 Å². The molecule has 0 fully saturated rings. The fourth-order valence-corrected chi connectivity index (χ4v) is 1.19. The van der Waals surface area contributed by atoms with E-state index in [0.29, 0.717) is 12.8 Å². The number of esters is 1. The smallest absolute Gasteiger partial charge is 0.306 e. The minimum Gasteiger partial charge on any atom is -0.481 e. The van der Waals surface area contributed by atoms with Crippen LogP contribution in [-0.2, 0) is 14.3 Å². The summed E-state index contributed by atoms with van der Waals surface area (Å²) in [6, 6.07) is 0. The van der Waals surface area contributed by atoms with Crippen molar-refractivity contribution in [2.45, 2.75) is 52.6 Å². The van der Waals surface area contributed by atoms with Crippen LogP contribution in [0.25, 0.3) is 0 Å². The Balaban J connectivity index is 3.94. The van der Waals surface area contributed by atoms with Gasteiger partial charge < -0.3 is 9.84 Å². The van der Waals surface area contributed by atoms with Gasteiger partial charge in [-0.2, -0.15) is 0 Å². The summed E-state index contributed by atoms with van der Waals surface area (Å²) in [6.07, 6.45) is 1.06. The van der Waals surface area contributed by atoms with E-state index in [-0.39, 0.29) is 12.4 Å². The molecule has 4 nitrogen and oxygen atoms in total. The first-order valence-corrected chi connectivity index (χ1v) is 5.21. The third-order valence-corrected chi connectivity index (χ3v) is 1.96. The number of carboxylic acids is 1.